The molecule has 1 fully saturated rings. The maximum absolute atomic E-state index is 12.7. The summed E-state index contributed by atoms with van der Waals surface area (Å²) in [7, 11) is 1.56. The van der Waals surface area contributed by atoms with Gasteiger partial charge in [-0.2, -0.15) is 0 Å². The molecule has 0 bridgehead atoms. The molecule has 176 valence electrons. The van der Waals surface area contributed by atoms with E-state index >= 15 is 0 Å². The van der Waals surface area contributed by atoms with Crippen LogP contribution in [0.15, 0.2) is 72.7 Å². The molecule has 7 heteroatoms. The van der Waals surface area contributed by atoms with Crippen LogP contribution < -0.4 is 14.8 Å². The molecule has 2 aromatic heterocycles. The van der Waals surface area contributed by atoms with Gasteiger partial charge in [0, 0.05) is 38.0 Å². The van der Waals surface area contributed by atoms with Gasteiger partial charge in [0.1, 0.15) is 5.75 Å². The van der Waals surface area contributed by atoms with Gasteiger partial charge in [0.2, 0.25) is 5.88 Å². The van der Waals surface area contributed by atoms with Crippen molar-refractivity contribution in [3.63, 3.8) is 0 Å². The van der Waals surface area contributed by atoms with Crippen molar-refractivity contribution in [1.29, 1.82) is 0 Å². The van der Waals surface area contributed by atoms with Gasteiger partial charge in [-0.05, 0) is 47.7 Å². The Bertz CT molecular complexity index is 1120. The zero-order valence-corrected chi connectivity index (χ0v) is 19.6. The van der Waals surface area contributed by atoms with Crippen molar-refractivity contribution in [1.82, 2.24) is 14.9 Å². The summed E-state index contributed by atoms with van der Waals surface area (Å²) in [5.41, 5.74) is 4.26. The van der Waals surface area contributed by atoms with E-state index in [9.17, 15) is 4.79 Å². The van der Waals surface area contributed by atoms with Crippen molar-refractivity contribution in [2.75, 3.05) is 32.1 Å². The Morgan fingerprint density at radius 3 is 2.85 bits per heavy atom. The number of anilines is 1. The van der Waals surface area contributed by atoms with Crippen LogP contribution in [0.1, 0.15) is 24.5 Å². The van der Waals surface area contributed by atoms with Gasteiger partial charge >= 0.3 is 6.03 Å². The van der Waals surface area contributed by atoms with E-state index in [0.717, 1.165) is 29.7 Å². The van der Waals surface area contributed by atoms with Gasteiger partial charge < -0.3 is 19.7 Å². The maximum Gasteiger partial charge on any atom is 0.321 e. The van der Waals surface area contributed by atoms with E-state index in [1.807, 2.05) is 29.3 Å². The molecule has 0 saturated carbocycles. The third kappa shape index (κ3) is 6.34. The largest absolute Gasteiger partial charge is 0.493 e. The summed E-state index contributed by atoms with van der Waals surface area (Å²) in [5, 5.41) is 2.92. The molecule has 34 heavy (non-hydrogen) atoms. The van der Waals surface area contributed by atoms with Gasteiger partial charge in [-0.3, -0.25) is 4.98 Å². The number of carbonyl (C=O) groups excluding carboxylic acids is 1. The number of urea groups is 1. The zero-order chi connectivity index (χ0) is 23.8. The molecule has 0 aliphatic carbocycles. The fourth-order valence-electron chi connectivity index (χ4n) is 3.97. The fraction of sp³-hybridized carbons (Fsp3) is 0.296. The Labute approximate surface area is 200 Å². The van der Waals surface area contributed by atoms with E-state index in [0.29, 0.717) is 31.3 Å². The highest BCUT2D eigenvalue weighted by Gasteiger charge is 2.24. The minimum atomic E-state index is -0.109. The number of hydrogen-bond acceptors (Lipinski definition) is 5. The normalized spacial score (nSPS) is 16.8. The Balaban J connectivity index is 1.31. The van der Waals surface area contributed by atoms with Crippen molar-refractivity contribution in [2.24, 2.45) is 5.92 Å². The van der Waals surface area contributed by atoms with Gasteiger partial charge in [-0.15, -0.1) is 0 Å². The summed E-state index contributed by atoms with van der Waals surface area (Å²) in [4.78, 5) is 22.8. The second-order valence-electron chi connectivity index (χ2n) is 8.37. The molecular formula is C27H30N4O3. The lowest BCUT2D eigenvalue weighted by molar-refractivity contribution is 0.198. The number of hydrogen-bond donors (Lipinski definition) is 1. The average molecular weight is 459 g/mol. The minimum Gasteiger partial charge on any atom is -0.493 e. The van der Waals surface area contributed by atoms with E-state index in [1.54, 1.807) is 31.6 Å². The number of carbonyl (C=O) groups is 1. The fourth-order valence-corrected chi connectivity index (χ4v) is 3.97. The molecule has 3 heterocycles. The molecule has 7 nitrogen and oxygen atoms in total. The van der Waals surface area contributed by atoms with Crippen LogP contribution in [0.2, 0.25) is 0 Å². The molecule has 2 amide bonds. The number of pyridine rings is 2. The smallest absolute Gasteiger partial charge is 0.321 e. The Morgan fingerprint density at radius 2 is 2.12 bits per heavy atom. The quantitative estimate of drug-likeness (QED) is 0.535. The van der Waals surface area contributed by atoms with Gasteiger partial charge in [0.25, 0.3) is 0 Å². The highest BCUT2D eigenvalue weighted by Crippen LogP contribution is 2.26. The predicted octanol–water partition coefficient (Wildman–Crippen LogP) is 5.06. The van der Waals surface area contributed by atoms with Gasteiger partial charge in [0.05, 0.1) is 25.6 Å². The average Bonchev–Trinajstić information content (AvgIpc) is 2.86. The molecular weight excluding hydrogens is 428 g/mol. The van der Waals surface area contributed by atoms with Crippen molar-refractivity contribution < 1.29 is 14.3 Å². The molecule has 1 N–H and O–H groups in total. The highest BCUT2D eigenvalue weighted by atomic mass is 16.5. The molecule has 1 saturated heterocycles. The van der Waals surface area contributed by atoms with E-state index in [-0.39, 0.29) is 11.9 Å². The number of piperidine rings is 1. The monoisotopic (exact) mass is 458 g/mol. The van der Waals surface area contributed by atoms with Crippen molar-refractivity contribution in [3.05, 3.63) is 83.8 Å². The molecule has 1 unspecified atom stereocenters. The lowest BCUT2D eigenvalue weighted by Gasteiger charge is -2.33. The molecule has 0 radical (unpaired) electrons. The van der Waals surface area contributed by atoms with Crippen molar-refractivity contribution in [2.45, 2.75) is 19.8 Å². The third-order valence-electron chi connectivity index (χ3n) is 5.87. The van der Waals surface area contributed by atoms with Crippen LogP contribution in [-0.2, 0) is 6.42 Å². The number of methoxy groups -OCH3 is 1. The number of rotatable bonds is 7. The zero-order valence-electron chi connectivity index (χ0n) is 19.6. The third-order valence-corrected chi connectivity index (χ3v) is 5.87. The van der Waals surface area contributed by atoms with Gasteiger partial charge in [-0.1, -0.05) is 36.8 Å². The summed E-state index contributed by atoms with van der Waals surface area (Å²) in [6.07, 6.45) is 9.12. The highest BCUT2D eigenvalue weighted by molar-refractivity contribution is 5.89. The van der Waals surface area contributed by atoms with E-state index in [1.165, 1.54) is 5.57 Å². The number of benzene rings is 1. The van der Waals surface area contributed by atoms with Crippen LogP contribution in [-0.4, -0.2) is 47.7 Å². The molecule has 1 aromatic carbocycles. The van der Waals surface area contributed by atoms with Gasteiger partial charge in [-0.25, -0.2) is 9.78 Å². The SMILES string of the molecule is COc1ccc(NC(=O)N2CC/C(=C\c3cccc(OCCc4cccnc4)c3)C(C)C2)cn1. The lowest BCUT2D eigenvalue weighted by atomic mass is 9.91. The molecule has 4 rings (SSSR count). The molecule has 0 spiro atoms. The van der Waals surface area contributed by atoms with Gasteiger partial charge in [0.15, 0.2) is 0 Å². The van der Waals surface area contributed by atoms with Crippen LogP contribution in [0.4, 0.5) is 10.5 Å². The van der Waals surface area contributed by atoms with Crippen LogP contribution in [0, 0.1) is 5.92 Å². The number of aromatic nitrogens is 2. The second kappa shape index (κ2) is 11.3. The molecule has 1 aliphatic rings. The number of nitrogens with one attached hydrogen (secondary N) is 1. The number of likely N-dealkylation sites (tertiary alicyclic amines) is 1. The summed E-state index contributed by atoms with van der Waals surface area (Å²) in [5.74, 6) is 1.64. The number of ether oxygens (including phenoxy) is 2. The summed E-state index contributed by atoms with van der Waals surface area (Å²) >= 11 is 0. The Kier molecular flexibility index (Phi) is 7.75. The van der Waals surface area contributed by atoms with E-state index in [4.69, 9.17) is 9.47 Å². The molecule has 1 aliphatic heterocycles. The first-order chi connectivity index (χ1) is 16.6. The minimum absolute atomic E-state index is 0.109. The predicted molar refractivity (Wildman–Crippen MR) is 133 cm³/mol. The number of amides is 2. The van der Waals surface area contributed by atoms with Crippen molar-refractivity contribution in [3.8, 4) is 11.6 Å². The first kappa shape index (κ1) is 23.3. The summed E-state index contributed by atoms with van der Waals surface area (Å²) in [6, 6.07) is 15.6. The Morgan fingerprint density at radius 1 is 1.21 bits per heavy atom. The first-order valence-electron chi connectivity index (χ1n) is 11.5. The lowest BCUT2D eigenvalue weighted by Crippen LogP contribution is -2.42. The second-order valence-corrected chi connectivity index (χ2v) is 8.37. The first-order valence-corrected chi connectivity index (χ1v) is 11.5. The summed E-state index contributed by atoms with van der Waals surface area (Å²) in [6.45, 7) is 4.11. The Hall–Kier alpha value is -3.87. The molecule has 3 aromatic rings. The van der Waals surface area contributed by atoms with E-state index < -0.39 is 0 Å². The van der Waals surface area contributed by atoms with Crippen LogP contribution >= 0.6 is 0 Å². The van der Waals surface area contributed by atoms with Crippen LogP contribution in [0.5, 0.6) is 11.6 Å². The standard InChI is InChI=1S/C27H30N4O3/c1-20-19-31(27(32)30-24-8-9-26(33-2)29-18-24)13-10-23(20)15-22-5-3-7-25(16-22)34-14-11-21-6-4-12-28-17-21/h3-9,12,15-18,20H,10-11,13-14,19H2,1-2H3,(H,30,32)/b23-15+. The van der Waals surface area contributed by atoms with E-state index in [2.05, 4.69) is 46.5 Å². The van der Waals surface area contributed by atoms with Crippen LogP contribution in [0.25, 0.3) is 6.08 Å². The maximum atomic E-state index is 12.7. The van der Waals surface area contributed by atoms with Crippen LogP contribution in [0.3, 0.4) is 0 Å². The van der Waals surface area contributed by atoms with Crippen molar-refractivity contribution >= 4 is 17.8 Å². The summed E-state index contributed by atoms with van der Waals surface area (Å²) < 4.78 is 11.0. The molecule has 1 atom stereocenters. The number of nitrogens with zero attached hydrogens (tertiary/aromatic N) is 3. The topological polar surface area (TPSA) is 76.6 Å².